The van der Waals surface area contributed by atoms with Crippen LogP contribution in [0.15, 0.2) is 17.5 Å². The molecule has 0 aromatic carbocycles. The molecule has 1 saturated heterocycles. The molecule has 0 saturated carbocycles. The van der Waals surface area contributed by atoms with E-state index in [4.69, 9.17) is 5.11 Å². The lowest BCUT2D eigenvalue weighted by molar-refractivity contribution is -0.141. The lowest BCUT2D eigenvalue weighted by atomic mass is 10.1. The molecule has 1 aromatic rings. The molecule has 0 radical (unpaired) electrons. The molecular weight excluding hydrogens is 264 g/mol. The van der Waals surface area contributed by atoms with Crippen molar-refractivity contribution in [1.29, 1.82) is 0 Å². The summed E-state index contributed by atoms with van der Waals surface area (Å²) in [6, 6.07) is 3.88. The Balaban J connectivity index is 1.98. The van der Waals surface area contributed by atoms with Crippen molar-refractivity contribution < 1.29 is 14.7 Å². The minimum absolute atomic E-state index is 0.0105. The summed E-state index contributed by atoms with van der Waals surface area (Å²) in [6.45, 7) is 2.82. The van der Waals surface area contributed by atoms with Gasteiger partial charge >= 0.3 is 12.0 Å². The Hall–Kier alpha value is -1.56. The Morgan fingerprint density at radius 2 is 2.32 bits per heavy atom. The molecule has 5 nitrogen and oxygen atoms in total. The van der Waals surface area contributed by atoms with E-state index in [0.717, 1.165) is 4.88 Å². The van der Waals surface area contributed by atoms with Gasteiger partial charge in [0.25, 0.3) is 0 Å². The Bertz CT molecular complexity index is 460. The highest BCUT2D eigenvalue weighted by atomic mass is 32.1. The predicted molar refractivity (Wildman–Crippen MR) is 73.2 cm³/mol. The second kappa shape index (κ2) is 5.61. The van der Waals surface area contributed by atoms with Gasteiger partial charge in [0.15, 0.2) is 0 Å². The van der Waals surface area contributed by atoms with Crippen LogP contribution >= 0.6 is 11.3 Å². The third kappa shape index (κ3) is 2.89. The van der Waals surface area contributed by atoms with Crippen molar-refractivity contribution in [3.8, 4) is 0 Å². The number of carbonyl (C=O) groups is 2. The molecule has 1 N–H and O–H groups in total. The van der Waals surface area contributed by atoms with E-state index in [-0.39, 0.29) is 12.1 Å². The van der Waals surface area contributed by atoms with Crippen molar-refractivity contribution in [2.24, 2.45) is 5.92 Å². The number of carboxylic acid groups (broad SMARTS) is 1. The summed E-state index contributed by atoms with van der Waals surface area (Å²) in [4.78, 5) is 27.7. The quantitative estimate of drug-likeness (QED) is 0.925. The largest absolute Gasteiger partial charge is 0.481 e. The monoisotopic (exact) mass is 282 g/mol. The maximum atomic E-state index is 12.3. The topological polar surface area (TPSA) is 60.9 Å². The van der Waals surface area contributed by atoms with Crippen LogP contribution in [0.3, 0.4) is 0 Å². The van der Waals surface area contributed by atoms with Crippen LogP contribution in [0.5, 0.6) is 0 Å². The van der Waals surface area contributed by atoms with Crippen molar-refractivity contribution in [1.82, 2.24) is 9.80 Å². The molecular formula is C13H18N2O3S. The number of thiophene rings is 1. The number of nitrogens with zero attached hydrogens (tertiary/aromatic N) is 2. The Morgan fingerprint density at radius 3 is 2.84 bits per heavy atom. The van der Waals surface area contributed by atoms with Crippen LogP contribution in [0, 0.1) is 5.92 Å². The van der Waals surface area contributed by atoms with E-state index in [1.54, 1.807) is 28.2 Å². The smallest absolute Gasteiger partial charge is 0.320 e. The van der Waals surface area contributed by atoms with Gasteiger partial charge in [0.05, 0.1) is 12.0 Å². The summed E-state index contributed by atoms with van der Waals surface area (Å²) < 4.78 is 0. The van der Waals surface area contributed by atoms with Crippen LogP contribution in [0.25, 0.3) is 0 Å². The van der Waals surface area contributed by atoms with E-state index in [1.165, 1.54) is 0 Å². The van der Waals surface area contributed by atoms with Gasteiger partial charge < -0.3 is 14.9 Å². The Kier molecular flexibility index (Phi) is 4.09. The number of hydrogen-bond donors (Lipinski definition) is 1. The zero-order chi connectivity index (χ0) is 14.0. The van der Waals surface area contributed by atoms with Gasteiger partial charge in [0, 0.05) is 25.0 Å². The number of hydrogen-bond acceptors (Lipinski definition) is 3. The summed E-state index contributed by atoms with van der Waals surface area (Å²) in [6.07, 6.45) is 0.544. The van der Waals surface area contributed by atoms with Crippen molar-refractivity contribution in [3.05, 3.63) is 22.4 Å². The average Bonchev–Trinajstić information content (AvgIpc) is 3.06. The zero-order valence-corrected chi connectivity index (χ0v) is 11.9. The Labute approximate surface area is 116 Å². The van der Waals surface area contributed by atoms with Crippen LogP contribution < -0.4 is 0 Å². The first kappa shape index (κ1) is 13.9. The van der Waals surface area contributed by atoms with Gasteiger partial charge in [-0.05, 0) is 24.8 Å². The highest BCUT2D eigenvalue weighted by Crippen LogP contribution is 2.26. The molecule has 1 aromatic heterocycles. The molecule has 2 atom stereocenters. The number of aliphatic carboxylic acids is 1. The van der Waals surface area contributed by atoms with Crippen molar-refractivity contribution >= 4 is 23.3 Å². The summed E-state index contributed by atoms with van der Waals surface area (Å²) in [5.74, 6) is -1.24. The molecule has 0 aliphatic carbocycles. The van der Waals surface area contributed by atoms with E-state index >= 15 is 0 Å². The van der Waals surface area contributed by atoms with Gasteiger partial charge in [-0.25, -0.2) is 4.79 Å². The molecule has 1 fully saturated rings. The van der Waals surface area contributed by atoms with E-state index < -0.39 is 11.9 Å². The van der Waals surface area contributed by atoms with E-state index in [0.29, 0.717) is 19.5 Å². The molecule has 1 aliphatic rings. The lowest BCUT2D eigenvalue weighted by Gasteiger charge is -2.29. The number of carboxylic acids is 1. The van der Waals surface area contributed by atoms with Gasteiger partial charge in [-0.1, -0.05) is 6.07 Å². The molecule has 19 heavy (non-hydrogen) atoms. The molecule has 2 rings (SSSR count). The van der Waals surface area contributed by atoms with E-state index in [9.17, 15) is 9.59 Å². The van der Waals surface area contributed by atoms with Gasteiger partial charge in [0.2, 0.25) is 0 Å². The van der Waals surface area contributed by atoms with Crippen molar-refractivity contribution in [2.75, 3.05) is 20.1 Å². The fourth-order valence-corrected chi connectivity index (χ4v) is 3.07. The molecule has 0 bridgehead atoms. The fraction of sp³-hybridized carbons (Fsp3) is 0.538. The Morgan fingerprint density at radius 1 is 1.58 bits per heavy atom. The van der Waals surface area contributed by atoms with Gasteiger partial charge in [-0.3, -0.25) is 4.79 Å². The van der Waals surface area contributed by atoms with Crippen molar-refractivity contribution in [3.63, 3.8) is 0 Å². The average molecular weight is 282 g/mol. The van der Waals surface area contributed by atoms with Crippen LogP contribution in [0.4, 0.5) is 4.79 Å². The maximum Gasteiger partial charge on any atom is 0.320 e. The SMILES string of the molecule is CC(c1cccs1)N(C)C(=O)N1CCC(C(=O)O)C1. The van der Waals surface area contributed by atoms with Crippen LogP contribution in [-0.2, 0) is 4.79 Å². The minimum atomic E-state index is -0.816. The normalized spacial score (nSPS) is 20.3. The van der Waals surface area contributed by atoms with E-state index in [2.05, 4.69) is 0 Å². The second-order valence-electron chi connectivity index (χ2n) is 4.85. The molecule has 6 heteroatoms. The lowest BCUT2D eigenvalue weighted by Crippen LogP contribution is -2.41. The number of rotatable bonds is 3. The molecule has 2 amide bonds. The van der Waals surface area contributed by atoms with Gasteiger partial charge in [-0.15, -0.1) is 11.3 Å². The number of likely N-dealkylation sites (tertiary alicyclic amines) is 1. The molecule has 2 heterocycles. The van der Waals surface area contributed by atoms with Gasteiger partial charge in [0.1, 0.15) is 0 Å². The molecule has 2 unspecified atom stereocenters. The highest BCUT2D eigenvalue weighted by molar-refractivity contribution is 7.10. The minimum Gasteiger partial charge on any atom is -0.481 e. The predicted octanol–water partition coefficient (Wildman–Crippen LogP) is 2.27. The van der Waals surface area contributed by atoms with Crippen LogP contribution in [-0.4, -0.2) is 47.0 Å². The summed E-state index contributed by atoms with van der Waals surface area (Å²) in [5.41, 5.74) is 0. The first-order valence-corrected chi connectivity index (χ1v) is 7.16. The van der Waals surface area contributed by atoms with Crippen LogP contribution in [0.2, 0.25) is 0 Å². The van der Waals surface area contributed by atoms with Gasteiger partial charge in [-0.2, -0.15) is 0 Å². The highest BCUT2D eigenvalue weighted by Gasteiger charge is 2.33. The standard InChI is InChI=1S/C13H18N2O3S/c1-9(11-4-3-7-19-11)14(2)13(18)15-6-5-10(8-15)12(16)17/h3-4,7,9-10H,5-6,8H2,1-2H3,(H,16,17). The van der Waals surface area contributed by atoms with Crippen molar-refractivity contribution in [2.45, 2.75) is 19.4 Å². The van der Waals surface area contributed by atoms with E-state index in [1.807, 2.05) is 24.4 Å². The molecule has 104 valence electrons. The third-order valence-electron chi connectivity index (χ3n) is 3.65. The zero-order valence-electron chi connectivity index (χ0n) is 11.1. The number of urea groups is 1. The second-order valence-corrected chi connectivity index (χ2v) is 5.83. The van der Waals surface area contributed by atoms with Crippen LogP contribution in [0.1, 0.15) is 24.3 Å². The maximum absolute atomic E-state index is 12.3. The summed E-state index contributed by atoms with van der Waals surface area (Å²) in [7, 11) is 1.76. The summed E-state index contributed by atoms with van der Waals surface area (Å²) >= 11 is 1.62. The number of amides is 2. The fourth-order valence-electron chi connectivity index (χ4n) is 2.24. The third-order valence-corrected chi connectivity index (χ3v) is 4.69. The molecule has 1 aliphatic heterocycles. The first-order valence-electron chi connectivity index (χ1n) is 6.28. The summed E-state index contributed by atoms with van der Waals surface area (Å²) in [5, 5.41) is 10.9. The first-order chi connectivity index (χ1) is 9.00. The number of carbonyl (C=O) groups excluding carboxylic acids is 1. The molecule has 0 spiro atoms.